The SMILES string of the molecule is CCOC(=O)c1ccc(N)c(N2CCN(C)CC2)c1. The Kier molecular flexibility index (Phi) is 4.27. The van der Waals surface area contributed by atoms with Gasteiger partial charge in [-0.1, -0.05) is 0 Å². The summed E-state index contributed by atoms with van der Waals surface area (Å²) >= 11 is 0. The summed E-state index contributed by atoms with van der Waals surface area (Å²) in [7, 11) is 2.11. The minimum Gasteiger partial charge on any atom is -0.462 e. The third kappa shape index (κ3) is 3.17. The van der Waals surface area contributed by atoms with Gasteiger partial charge in [-0.25, -0.2) is 4.79 Å². The highest BCUT2D eigenvalue weighted by molar-refractivity contribution is 5.92. The predicted molar refractivity (Wildman–Crippen MR) is 76.5 cm³/mol. The van der Waals surface area contributed by atoms with Crippen molar-refractivity contribution in [3.05, 3.63) is 23.8 Å². The third-order valence-electron chi connectivity index (χ3n) is 3.39. The maximum absolute atomic E-state index is 11.8. The fourth-order valence-electron chi connectivity index (χ4n) is 2.21. The summed E-state index contributed by atoms with van der Waals surface area (Å²) in [5.41, 5.74) is 8.22. The monoisotopic (exact) mass is 263 g/mol. The number of nitrogens with two attached hydrogens (primary N) is 1. The highest BCUT2D eigenvalue weighted by Crippen LogP contribution is 2.26. The number of nitrogen functional groups attached to an aromatic ring is 1. The van der Waals surface area contributed by atoms with Crippen molar-refractivity contribution < 1.29 is 9.53 Å². The summed E-state index contributed by atoms with van der Waals surface area (Å²) in [5, 5.41) is 0. The lowest BCUT2D eigenvalue weighted by Gasteiger charge is -2.34. The van der Waals surface area contributed by atoms with Gasteiger partial charge in [-0.15, -0.1) is 0 Å². The normalized spacial score (nSPS) is 16.4. The Hall–Kier alpha value is -1.75. The molecule has 5 nitrogen and oxygen atoms in total. The Balaban J connectivity index is 2.19. The van der Waals surface area contributed by atoms with Gasteiger partial charge in [0.15, 0.2) is 0 Å². The quantitative estimate of drug-likeness (QED) is 0.656. The number of carbonyl (C=O) groups excluding carboxylic acids is 1. The highest BCUT2D eigenvalue weighted by atomic mass is 16.5. The van der Waals surface area contributed by atoms with E-state index in [1.54, 1.807) is 19.1 Å². The van der Waals surface area contributed by atoms with Crippen molar-refractivity contribution in [2.75, 3.05) is 50.5 Å². The maximum atomic E-state index is 11.8. The standard InChI is InChI=1S/C14H21N3O2/c1-3-19-14(18)11-4-5-12(15)13(10-11)17-8-6-16(2)7-9-17/h4-5,10H,3,6-9,15H2,1-2H3. The molecule has 104 valence electrons. The van der Waals surface area contributed by atoms with Crippen LogP contribution in [0.4, 0.5) is 11.4 Å². The highest BCUT2D eigenvalue weighted by Gasteiger charge is 2.18. The van der Waals surface area contributed by atoms with Gasteiger partial charge in [0.25, 0.3) is 0 Å². The van der Waals surface area contributed by atoms with E-state index in [9.17, 15) is 4.79 Å². The van der Waals surface area contributed by atoms with E-state index in [2.05, 4.69) is 16.8 Å². The van der Waals surface area contributed by atoms with Crippen molar-refractivity contribution in [2.24, 2.45) is 0 Å². The van der Waals surface area contributed by atoms with Crippen LogP contribution in [0, 0.1) is 0 Å². The van der Waals surface area contributed by atoms with Gasteiger partial charge in [0.2, 0.25) is 0 Å². The first-order valence-electron chi connectivity index (χ1n) is 6.62. The Morgan fingerprint density at radius 2 is 2.00 bits per heavy atom. The van der Waals surface area contributed by atoms with Crippen molar-refractivity contribution >= 4 is 17.3 Å². The van der Waals surface area contributed by atoms with Gasteiger partial charge in [-0.3, -0.25) is 0 Å². The van der Waals surface area contributed by atoms with E-state index < -0.39 is 0 Å². The van der Waals surface area contributed by atoms with Gasteiger partial charge in [0.05, 0.1) is 23.5 Å². The van der Waals surface area contributed by atoms with E-state index in [1.807, 2.05) is 6.07 Å². The van der Waals surface area contributed by atoms with Crippen molar-refractivity contribution in [1.82, 2.24) is 4.90 Å². The number of esters is 1. The molecular formula is C14H21N3O2. The van der Waals surface area contributed by atoms with Crippen LogP contribution in [0.3, 0.4) is 0 Å². The van der Waals surface area contributed by atoms with Crippen molar-refractivity contribution in [2.45, 2.75) is 6.92 Å². The maximum Gasteiger partial charge on any atom is 0.338 e. The molecule has 1 heterocycles. The van der Waals surface area contributed by atoms with Gasteiger partial charge >= 0.3 is 5.97 Å². The Labute approximate surface area is 113 Å². The summed E-state index contributed by atoms with van der Waals surface area (Å²) in [6.07, 6.45) is 0. The summed E-state index contributed by atoms with van der Waals surface area (Å²) < 4.78 is 5.02. The fourth-order valence-corrected chi connectivity index (χ4v) is 2.21. The molecule has 1 aromatic rings. The molecular weight excluding hydrogens is 242 g/mol. The first-order valence-corrected chi connectivity index (χ1v) is 6.62. The first-order chi connectivity index (χ1) is 9.11. The number of nitrogens with zero attached hydrogens (tertiary/aromatic N) is 2. The van der Waals surface area contributed by atoms with Gasteiger partial charge in [0.1, 0.15) is 0 Å². The number of anilines is 2. The average molecular weight is 263 g/mol. The minimum atomic E-state index is -0.294. The number of likely N-dealkylation sites (N-methyl/N-ethyl adjacent to an activating group) is 1. The van der Waals surface area contributed by atoms with Crippen LogP contribution < -0.4 is 10.6 Å². The summed E-state index contributed by atoms with van der Waals surface area (Å²) in [6.45, 7) is 6.04. The van der Waals surface area contributed by atoms with Crippen LogP contribution in [0.25, 0.3) is 0 Å². The molecule has 0 aromatic heterocycles. The Morgan fingerprint density at radius 3 is 2.63 bits per heavy atom. The van der Waals surface area contributed by atoms with E-state index >= 15 is 0 Å². The van der Waals surface area contributed by atoms with Crippen molar-refractivity contribution in [3.63, 3.8) is 0 Å². The number of benzene rings is 1. The van der Waals surface area contributed by atoms with Crippen molar-refractivity contribution in [1.29, 1.82) is 0 Å². The van der Waals surface area contributed by atoms with E-state index in [4.69, 9.17) is 10.5 Å². The van der Waals surface area contributed by atoms with Crippen LogP contribution in [0.15, 0.2) is 18.2 Å². The minimum absolute atomic E-state index is 0.294. The Bertz CT molecular complexity index is 454. The molecule has 0 saturated carbocycles. The number of hydrogen-bond donors (Lipinski definition) is 1. The summed E-state index contributed by atoms with van der Waals surface area (Å²) in [4.78, 5) is 16.3. The molecule has 1 aliphatic heterocycles. The van der Waals surface area contributed by atoms with Crippen LogP contribution in [0.5, 0.6) is 0 Å². The van der Waals surface area contributed by atoms with E-state index in [-0.39, 0.29) is 5.97 Å². The van der Waals surface area contributed by atoms with E-state index in [0.717, 1.165) is 31.9 Å². The molecule has 0 spiro atoms. The molecule has 0 bridgehead atoms. The third-order valence-corrected chi connectivity index (χ3v) is 3.39. The molecule has 2 rings (SSSR count). The van der Waals surface area contributed by atoms with E-state index in [1.165, 1.54) is 0 Å². The topological polar surface area (TPSA) is 58.8 Å². The molecule has 2 N–H and O–H groups in total. The average Bonchev–Trinajstić information content (AvgIpc) is 2.41. The molecule has 1 aromatic carbocycles. The largest absolute Gasteiger partial charge is 0.462 e. The van der Waals surface area contributed by atoms with Gasteiger partial charge in [0, 0.05) is 26.2 Å². The van der Waals surface area contributed by atoms with Crippen LogP contribution in [-0.4, -0.2) is 50.7 Å². The van der Waals surface area contributed by atoms with Crippen LogP contribution in [0.1, 0.15) is 17.3 Å². The molecule has 0 radical (unpaired) electrons. The lowest BCUT2D eigenvalue weighted by atomic mass is 10.1. The first kappa shape index (κ1) is 13.7. The lowest BCUT2D eigenvalue weighted by molar-refractivity contribution is 0.0526. The number of hydrogen-bond acceptors (Lipinski definition) is 5. The second-order valence-electron chi connectivity index (χ2n) is 4.78. The summed E-state index contributed by atoms with van der Waals surface area (Å²) in [5.74, 6) is -0.294. The van der Waals surface area contributed by atoms with Gasteiger partial charge in [-0.05, 0) is 32.2 Å². The second-order valence-corrected chi connectivity index (χ2v) is 4.78. The van der Waals surface area contributed by atoms with Crippen LogP contribution in [0.2, 0.25) is 0 Å². The zero-order valence-corrected chi connectivity index (χ0v) is 11.6. The Morgan fingerprint density at radius 1 is 1.32 bits per heavy atom. The van der Waals surface area contributed by atoms with Crippen molar-refractivity contribution in [3.8, 4) is 0 Å². The zero-order valence-electron chi connectivity index (χ0n) is 11.6. The zero-order chi connectivity index (χ0) is 13.8. The molecule has 1 fully saturated rings. The van der Waals surface area contributed by atoms with Gasteiger partial charge in [-0.2, -0.15) is 0 Å². The molecule has 19 heavy (non-hydrogen) atoms. The second kappa shape index (κ2) is 5.93. The number of ether oxygens (including phenoxy) is 1. The molecule has 1 saturated heterocycles. The molecule has 1 aliphatic rings. The van der Waals surface area contributed by atoms with Gasteiger partial charge < -0.3 is 20.3 Å². The number of carbonyl (C=O) groups is 1. The van der Waals surface area contributed by atoms with E-state index in [0.29, 0.717) is 17.9 Å². The predicted octanol–water partition coefficient (Wildman–Crippen LogP) is 1.20. The van der Waals surface area contributed by atoms with Crippen LogP contribution in [-0.2, 0) is 4.74 Å². The molecule has 5 heteroatoms. The smallest absolute Gasteiger partial charge is 0.338 e. The summed E-state index contributed by atoms with van der Waals surface area (Å²) in [6, 6.07) is 5.32. The number of rotatable bonds is 3. The molecule has 0 aliphatic carbocycles. The molecule has 0 unspecified atom stereocenters. The molecule has 0 atom stereocenters. The number of piperazine rings is 1. The molecule has 0 amide bonds. The van der Waals surface area contributed by atoms with Crippen LogP contribution >= 0.6 is 0 Å². The lowest BCUT2D eigenvalue weighted by Crippen LogP contribution is -2.44. The fraction of sp³-hybridized carbons (Fsp3) is 0.500.